The van der Waals surface area contributed by atoms with Gasteiger partial charge in [-0.1, -0.05) is 60.5 Å². The van der Waals surface area contributed by atoms with E-state index in [4.69, 9.17) is 11.6 Å². The predicted octanol–water partition coefficient (Wildman–Crippen LogP) is 4.52. The highest BCUT2D eigenvalue weighted by atomic mass is 35.5. The third-order valence-corrected chi connectivity index (χ3v) is 5.12. The van der Waals surface area contributed by atoms with Crippen LogP contribution in [0, 0.1) is 6.92 Å². The molecule has 0 bridgehead atoms. The van der Waals surface area contributed by atoms with E-state index in [2.05, 4.69) is 5.32 Å². The highest BCUT2D eigenvalue weighted by molar-refractivity contribution is 6.30. The molecule has 0 saturated carbocycles. The molecule has 0 aliphatic rings. The summed E-state index contributed by atoms with van der Waals surface area (Å²) in [6, 6.07) is 14.7. The van der Waals surface area contributed by atoms with Gasteiger partial charge in [-0.3, -0.25) is 9.59 Å². The van der Waals surface area contributed by atoms with Gasteiger partial charge < -0.3 is 10.2 Å². The second-order valence-electron chi connectivity index (χ2n) is 7.31. The molecule has 0 heterocycles. The molecular formula is C23H29ClN2O2. The predicted molar refractivity (Wildman–Crippen MR) is 114 cm³/mol. The molecule has 1 N–H and O–H groups in total. The lowest BCUT2D eigenvalue weighted by Gasteiger charge is -2.30. The molecule has 0 spiro atoms. The Morgan fingerprint density at radius 1 is 1.07 bits per heavy atom. The summed E-state index contributed by atoms with van der Waals surface area (Å²) in [5.74, 6) is -0.215. The van der Waals surface area contributed by atoms with Gasteiger partial charge in [-0.15, -0.1) is 0 Å². The summed E-state index contributed by atoms with van der Waals surface area (Å²) in [6.45, 7) is 8.12. The fourth-order valence-corrected chi connectivity index (χ4v) is 3.06. The van der Waals surface area contributed by atoms with Crippen LogP contribution in [0.15, 0.2) is 48.5 Å². The van der Waals surface area contributed by atoms with Crippen molar-refractivity contribution in [2.45, 2.75) is 59.2 Å². The molecule has 28 heavy (non-hydrogen) atoms. The van der Waals surface area contributed by atoms with Crippen LogP contribution in [0.25, 0.3) is 0 Å². The molecule has 2 aromatic rings. The zero-order valence-electron chi connectivity index (χ0n) is 17.0. The van der Waals surface area contributed by atoms with Gasteiger partial charge in [-0.25, -0.2) is 0 Å². The van der Waals surface area contributed by atoms with Crippen molar-refractivity contribution in [3.63, 3.8) is 0 Å². The third-order valence-electron chi connectivity index (χ3n) is 4.87. The quantitative estimate of drug-likeness (QED) is 0.708. The number of hydrogen-bond acceptors (Lipinski definition) is 2. The first-order valence-electron chi connectivity index (χ1n) is 9.70. The number of nitrogens with zero attached hydrogens (tertiary/aromatic N) is 1. The maximum atomic E-state index is 13.1. The van der Waals surface area contributed by atoms with Crippen LogP contribution in [0.3, 0.4) is 0 Å². The van der Waals surface area contributed by atoms with Crippen LogP contribution in [0.5, 0.6) is 0 Å². The summed E-state index contributed by atoms with van der Waals surface area (Å²) in [5, 5.41) is 3.62. The van der Waals surface area contributed by atoms with Gasteiger partial charge in [0.15, 0.2) is 0 Å². The van der Waals surface area contributed by atoms with Gasteiger partial charge in [0.25, 0.3) is 0 Å². The minimum absolute atomic E-state index is 0.0687. The Morgan fingerprint density at radius 3 is 2.36 bits per heavy atom. The molecule has 0 radical (unpaired) electrons. The van der Waals surface area contributed by atoms with Gasteiger partial charge in [0.2, 0.25) is 11.8 Å². The first-order valence-corrected chi connectivity index (χ1v) is 10.1. The summed E-state index contributed by atoms with van der Waals surface area (Å²) < 4.78 is 0. The van der Waals surface area contributed by atoms with E-state index in [0.29, 0.717) is 11.6 Å². The standard InChI is InChI=1S/C23H29ClN2O2/c1-5-17(3)25-23(28)18(4)26(15-19-9-11-21(24)12-10-19)22(27)14-20-8-6-7-16(2)13-20/h6-13,17-18H,5,14-15H2,1-4H3,(H,25,28). The van der Waals surface area contributed by atoms with E-state index in [1.165, 1.54) is 0 Å². The van der Waals surface area contributed by atoms with Crippen LogP contribution in [0.2, 0.25) is 5.02 Å². The molecule has 4 nitrogen and oxygen atoms in total. The number of rotatable bonds is 8. The highest BCUT2D eigenvalue weighted by Crippen LogP contribution is 2.16. The van der Waals surface area contributed by atoms with Gasteiger partial charge >= 0.3 is 0 Å². The van der Waals surface area contributed by atoms with E-state index < -0.39 is 6.04 Å². The topological polar surface area (TPSA) is 49.4 Å². The molecule has 0 saturated heterocycles. The Bertz CT molecular complexity index is 805. The molecule has 0 fully saturated rings. The molecule has 0 aliphatic heterocycles. The van der Waals surface area contributed by atoms with E-state index in [0.717, 1.165) is 23.1 Å². The van der Waals surface area contributed by atoms with E-state index in [1.54, 1.807) is 24.0 Å². The van der Waals surface area contributed by atoms with E-state index in [9.17, 15) is 9.59 Å². The average Bonchev–Trinajstić information content (AvgIpc) is 2.66. The number of halogens is 1. The van der Waals surface area contributed by atoms with E-state index >= 15 is 0 Å². The summed E-state index contributed by atoms with van der Waals surface area (Å²) >= 11 is 5.97. The SMILES string of the molecule is CCC(C)NC(=O)C(C)N(Cc1ccc(Cl)cc1)C(=O)Cc1cccc(C)c1. The Kier molecular flexibility index (Phi) is 8.06. The van der Waals surface area contributed by atoms with Crippen molar-refractivity contribution in [3.8, 4) is 0 Å². The number of benzene rings is 2. The van der Waals surface area contributed by atoms with Crippen LogP contribution in [0.1, 0.15) is 43.9 Å². The van der Waals surface area contributed by atoms with Gasteiger partial charge in [0.1, 0.15) is 6.04 Å². The number of amides is 2. The molecular weight excluding hydrogens is 372 g/mol. The van der Waals surface area contributed by atoms with Gasteiger partial charge in [-0.2, -0.15) is 0 Å². The van der Waals surface area contributed by atoms with Crippen LogP contribution in [0.4, 0.5) is 0 Å². The molecule has 2 aromatic carbocycles. The first kappa shape index (κ1) is 22.0. The molecule has 2 atom stereocenters. The van der Waals surface area contributed by atoms with Crippen molar-refractivity contribution in [1.82, 2.24) is 10.2 Å². The molecule has 2 amide bonds. The lowest BCUT2D eigenvalue weighted by Crippen LogP contribution is -2.49. The average molecular weight is 401 g/mol. The lowest BCUT2D eigenvalue weighted by atomic mass is 10.1. The van der Waals surface area contributed by atoms with Crippen molar-refractivity contribution < 1.29 is 9.59 Å². The zero-order chi connectivity index (χ0) is 20.7. The summed E-state index contributed by atoms with van der Waals surface area (Å²) in [6.07, 6.45) is 1.10. The number of carbonyl (C=O) groups is 2. The van der Waals surface area contributed by atoms with Gasteiger partial charge in [-0.05, 0) is 50.5 Å². The van der Waals surface area contributed by atoms with Crippen LogP contribution >= 0.6 is 11.6 Å². The van der Waals surface area contributed by atoms with E-state index in [1.807, 2.05) is 57.2 Å². The maximum absolute atomic E-state index is 13.1. The summed E-state index contributed by atoms with van der Waals surface area (Å²) in [7, 11) is 0. The van der Waals surface area contributed by atoms with Crippen molar-refractivity contribution in [3.05, 3.63) is 70.2 Å². The normalized spacial score (nSPS) is 12.9. The minimum atomic E-state index is -0.568. The van der Waals surface area contributed by atoms with Crippen molar-refractivity contribution in [2.75, 3.05) is 0 Å². The second kappa shape index (κ2) is 10.3. The Balaban J connectivity index is 2.22. The summed E-state index contributed by atoms with van der Waals surface area (Å²) in [4.78, 5) is 27.4. The highest BCUT2D eigenvalue weighted by Gasteiger charge is 2.26. The van der Waals surface area contributed by atoms with Crippen LogP contribution < -0.4 is 5.32 Å². The molecule has 2 unspecified atom stereocenters. The monoisotopic (exact) mass is 400 g/mol. The van der Waals surface area contributed by atoms with Crippen molar-refractivity contribution in [2.24, 2.45) is 0 Å². The van der Waals surface area contributed by atoms with E-state index in [-0.39, 0.29) is 24.3 Å². The number of aryl methyl sites for hydroxylation is 1. The Hall–Kier alpha value is -2.33. The fourth-order valence-electron chi connectivity index (χ4n) is 2.93. The molecule has 0 aromatic heterocycles. The number of nitrogens with one attached hydrogen (secondary N) is 1. The van der Waals surface area contributed by atoms with Gasteiger partial charge in [0.05, 0.1) is 6.42 Å². The zero-order valence-corrected chi connectivity index (χ0v) is 17.8. The molecule has 2 rings (SSSR count). The molecule has 0 aliphatic carbocycles. The van der Waals surface area contributed by atoms with Crippen molar-refractivity contribution in [1.29, 1.82) is 0 Å². The fraction of sp³-hybridized carbons (Fsp3) is 0.391. The Labute approximate surface area is 172 Å². The third kappa shape index (κ3) is 6.38. The van der Waals surface area contributed by atoms with Crippen LogP contribution in [-0.4, -0.2) is 28.8 Å². The van der Waals surface area contributed by atoms with Crippen LogP contribution in [-0.2, 0) is 22.6 Å². The second-order valence-corrected chi connectivity index (χ2v) is 7.74. The number of hydrogen-bond donors (Lipinski definition) is 1. The summed E-state index contributed by atoms with van der Waals surface area (Å²) in [5.41, 5.74) is 2.99. The largest absolute Gasteiger partial charge is 0.352 e. The molecule has 150 valence electrons. The lowest BCUT2D eigenvalue weighted by molar-refractivity contribution is -0.140. The first-order chi connectivity index (χ1) is 13.3. The minimum Gasteiger partial charge on any atom is -0.352 e. The van der Waals surface area contributed by atoms with Crippen molar-refractivity contribution >= 4 is 23.4 Å². The maximum Gasteiger partial charge on any atom is 0.242 e. The van der Waals surface area contributed by atoms with Gasteiger partial charge in [0, 0.05) is 17.6 Å². The Morgan fingerprint density at radius 2 is 1.75 bits per heavy atom. The number of carbonyl (C=O) groups excluding carboxylic acids is 2. The smallest absolute Gasteiger partial charge is 0.242 e. The molecule has 5 heteroatoms.